The van der Waals surface area contributed by atoms with E-state index in [1.165, 1.54) is 11.1 Å². The molecule has 0 aliphatic heterocycles. The van der Waals surface area contributed by atoms with Crippen LogP contribution >= 0.6 is 22.6 Å². The lowest BCUT2D eigenvalue weighted by Crippen LogP contribution is -2.11. The molecule has 4 heteroatoms. The lowest BCUT2D eigenvalue weighted by Gasteiger charge is -1.84. The topological polar surface area (TPSA) is 41.5 Å². The highest BCUT2D eigenvalue weighted by Gasteiger charge is 1.78. The Balaban J connectivity index is 3.14. The van der Waals surface area contributed by atoms with Crippen LogP contribution in [-0.2, 0) is 4.79 Å². The van der Waals surface area contributed by atoms with E-state index in [1.54, 1.807) is 0 Å². The number of hydrazone groups is 1. The smallest absolute Gasteiger partial charge is 0.236 e. The van der Waals surface area contributed by atoms with Gasteiger partial charge < -0.3 is 0 Å². The summed E-state index contributed by atoms with van der Waals surface area (Å²) in [7, 11) is 0. The van der Waals surface area contributed by atoms with Crippen molar-refractivity contribution < 1.29 is 4.79 Å². The van der Waals surface area contributed by atoms with Crippen LogP contribution in [0.4, 0.5) is 0 Å². The zero-order valence-electron chi connectivity index (χ0n) is 3.81. The summed E-state index contributed by atoms with van der Waals surface area (Å²) in [5.41, 5.74) is 2.22. The quantitative estimate of drug-likeness (QED) is 0.383. The van der Waals surface area contributed by atoms with Crippen molar-refractivity contribution in [3.05, 3.63) is 0 Å². The molecule has 0 saturated heterocycles. The van der Waals surface area contributed by atoms with Gasteiger partial charge in [0, 0.05) is 6.92 Å². The highest BCUT2D eigenvalue weighted by atomic mass is 127. The molecule has 7 heavy (non-hydrogen) atoms. The van der Waals surface area contributed by atoms with Crippen LogP contribution in [0.15, 0.2) is 5.10 Å². The minimum atomic E-state index is -0.145. The number of hydrogen-bond acceptors (Lipinski definition) is 2. The van der Waals surface area contributed by atoms with Gasteiger partial charge in [0.2, 0.25) is 5.91 Å². The molecule has 0 aromatic heterocycles. The summed E-state index contributed by atoms with van der Waals surface area (Å²) in [4.78, 5) is 9.97. The van der Waals surface area contributed by atoms with Gasteiger partial charge in [-0.15, -0.1) is 0 Å². The number of carbonyl (C=O) groups is 1. The second-order valence-corrected chi connectivity index (χ2v) is 1.45. The third kappa shape index (κ3) is 5.87. The number of nitrogens with one attached hydrogen (secondary N) is 1. The Morgan fingerprint density at radius 1 is 2.00 bits per heavy atom. The molecule has 0 aliphatic rings. The van der Waals surface area contributed by atoms with Crippen LogP contribution in [0.5, 0.6) is 0 Å². The fourth-order valence-electron chi connectivity index (χ4n) is 0.115. The molecule has 1 amide bonds. The molecule has 0 rings (SSSR count). The summed E-state index contributed by atoms with van der Waals surface area (Å²) in [6.45, 7) is 1.41. The van der Waals surface area contributed by atoms with Crippen LogP contribution in [0.2, 0.25) is 0 Å². The van der Waals surface area contributed by atoms with E-state index in [2.05, 4.69) is 10.5 Å². The Kier molecular flexibility index (Phi) is 3.97. The second-order valence-electron chi connectivity index (χ2n) is 0.895. The fourth-order valence-corrected chi connectivity index (χ4v) is 0.255. The minimum absolute atomic E-state index is 0.145. The highest BCUT2D eigenvalue weighted by molar-refractivity contribution is 14.1. The van der Waals surface area contributed by atoms with Gasteiger partial charge in [0.15, 0.2) is 0 Å². The SMILES string of the molecule is CC(=O)N/N=C\I. The van der Waals surface area contributed by atoms with Crippen molar-refractivity contribution in [3.8, 4) is 0 Å². The van der Waals surface area contributed by atoms with E-state index in [0.29, 0.717) is 0 Å². The number of carbonyl (C=O) groups excluding carboxylic acids is 1. The molecule has 40 valence electrons. The lowest BCUT2D eigenvalue weighted by atomic mass is 10.8. The standard InChI is InChI=1S/C3H5IN2O/c1-3(7)6-5-2-4/h2H,1H3,(H,6,7)/b5-2-. The lowest BCUT2D eigenvalue weighted by molar-refractivity contribution is -0.118. The van der Waals surface area contributed by atoms with Crippen molar-refractivity contribution in [1.82, 2.24) is 5.43 Å². The Morgan fingerprint density at radius 3 is 2.71 bits per heavy atom. The van der Waals surface area contributed by atoms with Gasteiger partial charge in [-0.3, -0.25) is 4.79 Å². The predicted molar refractivity (Wildman–Crippen MR) is 36.3 cm³/mol. The van der Waals surface area contributed by atoms with E-state index < -0.39 is 0 Å². The molecule has 0 radical (unpaired) electrons. The largest absolute Gasteiger partial charge is 0.274 e. The van der Waals surface area contributed by atoms with Crippen molar-refractivity contribution in [3.63, 3.8) is 0 Å². The minimum Gasteiger partial charge on any atom is -0.274 e. The summed E-state index contributed by atoms with van der Waals surface area (Å²) in [5.74, 6) is -0.145. The summed E-state index contributed by atoms with van der Waals surface area (Å²) in [5, 5.41) is 3.43. The summed E-state index contributed by atoms with van der Waals surface area (Å²) < 4.78 is 1.49. The maximum atomic E-state index is 9.97. The van der Waals surface area contributed by atoms with E-state index in [1.807, 2.05) is 22.6 Å². The van der Waals surface area contributed by atoms with Crippen molar-refractivity contribution in [1.29, 1.82) is 0 Å². The van der Waals surface area contributed by atoms with Gasteiger partial charge in [-0.05, 0) is 22.6 Å². The monoisotopic (exact) mass is 212 g/mol. The highest BCUT2D eigenvalue weighted by Crippen LogP contribution is 1.67. The Bertz CT molecular complexity index is 90.9. The predicted octanol–water partition coefficient (Wildman–Crippen LogP) is 0.501. The molecule has 3 nitrogen and oxygen atoms in total. The zero-order valence-corrected chi connectivity index (χ0v) is 5.97. The summed E-state index contributed by atoms with van der Waals surface area (Å²) in [6, 6.07) is 0. The second kappa shape index (κ2) is 4.04. The third-order valence-corrected chi connectivity index (χ3v) is 0.549. The molecule has 0 fully saturated rings. The van der Waals surface area contributed by atoms with Gasteiger partial charge in [-0.25, -0.2) is 5.43 Å². The van der Waals surface area contributed by atoms with Crippen LogP contribution in [0.3, 0.4) is 0 Å². The van der Waals surface area contributed by atoms with Crippen LogP contribution in [0, 0.1) is 0 Å². The van der Waals surface area contributed by atoms with Gasteiger partial charge in [0.1, 0.15) is 0 Å². The Labute approximate surface area is 55.3 Å². The molecule has 0 spiro atoms. The Hall–Kier alpha value is -0.130. The third-order valence-electron chi connectivity index (χ3n) is 0.271. The average Bonchev–Trinajstić information content (AvgIpc) is 1.61. The van der Waals surface area contributed by atoms with Gasteiger partial charge in [0.25, 0.3) is 0 Å². The molecule has 0 aliphatic carbocycles. The average molecular weight is 212 g/mol. The first kappa shape index (κ1) is 6.87. The number of rotatable bonds is 1. The first-order chi connectivity index (χ1) is 3.27. The van der Waals surface area contributed by atoms with Crippen LogP contribution in [0.1, 0.15) is 6.92 Å². The van der Waals surface area contributed by atoms with E-state index in [-0.39, 0.29) is 5.91 Å². The summed E-state index contributed by atoms with van der Waals surface area (Å²) >= 11 is 1.91. The maximum Gasteiger partial charge on any atom is 0.236 e. The van der Waals surface area contributed by atoms with Crippen LogP contribution in [0.25, 0.3) is 0 Å². The van der Waals surface area contributed by atoms with Crippen molar-refractivity contribution in [2.45, 2.75) is 6.92 Å². The first-order valence-electron chi connectivity index (χ1n) is 1.65. The maximum absolute atomic E-state index is 9.97. The van der Waals surface area contributed by atoms with Gasteiger partial charge in [0.05, 0.1) is 4.22 Å². The van der Waals surface area contributed by atoms with Crippen LogP contribution < -0.4 is 5.43 Å². The molecule has 0 aromatic carbocycles. The molecule has 0 aromatic rings. The van der Waals surface area contributed by atoms with Crippen LogP contribution in [-0.4, -0.2) is 10.1 Å². The van der Waals surface area contributed by atoms with Crippen molar-refractivity contribution in [2.75, 3.05) is 0 Å². The summed E-state index contributed by atoms with van der Waals surface area (Å²) in [6.07, 6.45) is 0. The van der Waals surface area contributed by atoms with Gasteiger partial charge in [-0.1, -0.05) is 0 Å². The molecule has 0 bridgehead atoms. The van der Waals surface area contributed by atoms with Crippen molar-refractivity contribution >= 4 is 32.7 Å². The number of nitrogens with zero attached hydrogens (tertiary/aromatic N) is 1. The van der Waals surface area contributed by atoms with E-state index in [0.717, 1.165) is 0 Å². The fraction of sp³-hybridized carbons (Fsp3) is 0.333. The molecule has 0 unspecified atom stereocenters. The van der Waals surface area contributed by atoms with Gasteiger partial charge in [-0.2, -0.15) is 5.10 Å². The zero-order chi connectivity index (χ0) is 5.70. The number of halogens is 1. The number of amides is 1. The van der Waals surface area contributed by atoms with E-state index in [4.69, 9.17) is 0 Å². The van der Waals surface area contributed by atoms with Crippen molar-refractivity contribution in [2.24, 2.45) is 5.10 Å². The molecule has 1 N–H and O–H groups in total. The Morgan fingerprint density at radius 2 is 2.57 bits per heavy atom. The normalized spacial score (nSPS) is 9.43. The molecule has 0 heterocycles. The van der Waals surface area contributed by atoms with E-state index in [9.17, 15) is 4.79 Å². The molecular formula is C3H5IN2O. The number of hydrogen-bond donors (Lipinski definition) is 1. The molecular weight excluding hydrogens is 207 g/mol. The van der Waals surface area contributed by atoms with Gasteiger partial charge >= 0.3 is 0 Å². The van der Waals surface area contributed by atoms with E-state index >= 15 is 0 Å². The first-order valence-corrected chi connectivity index (χ1v) is 2.90. The molecule has 0 atom stereocenters. The molecule has 0 saturated carbocycles.